The number of carbonyl (C=O) groups excluding carboxylic acids is 2. The second kappa shape index (κ2) is 10.3. The molecule has 0 aliphatic heterocycles. The number of aromatic nitrogens is 3. The van der Waals surface area contributed by atoms with Crippen molar-refractivity contribution in [2.75, 3.05) is 5.32 Å². The van der Waals surface area contributed by atoms with Gasteiger partial charge in [-0.05, 0) is 62.8 Å². The highest BCUT2D eigenvalue weighted by atomic mass is 35.5. The maximum absolute atomic E-state index is 15.0. The number of alkyl halides is 3. The second-order valence-electron chi connectivity index (χ2n) is 10.1. The molecule has 1 aliphatic rings. The van der Waals surface area contributed by atoms with Crippen LogP contribution in [0, 0.1) is 17.7 Å². The number of aliphatic hydroxyl groups is 1. The van der Waals surface area contributed by atoms with Crippen LogP contribution in [-0.2, 0) is 22.2 Å². The summed E-state index contributed by atoms with van der Waals surface area (Å²) in [6.45, 7) is 2.11. The lowest BCUT2D eigenvalue weighted by Crippen LogP contribution is -2.41. The molecule has 7 nitrogen and oxygen atoms in total. The number of carbonyl (C=O) groups is 2. The molecule has 4 rings (SSSR count). The van der Waals surface area contributed by atoms with E-state index in [0.29, 0.717) is 26.2 Å². The monoisotopic (exact) mass is 554 g/mol. The summed E-state index contributed by atoms with van der Waals surface area (Å²) < 4.78 is 56.7. The molecule has 0 saturated heterocycles. The van der Waals surface area contributed by atoms with Crippen molar-refractivity contribution in [1.82, 2.24) is 14.8 Å². The molecule has 2 aromatic heterocycles. The van der Waals surface area contributed by atoms with E-state index in [-0.39, 0.29) is 56.4 Å². The van der Waals surface area contributed by atoms with Crippen molar-refractivity contribution in [3.8, 4) is 11.1 Å². The van der Waals surface area contributed by atoms with Crippen LogP contribution in [0.25, 0.3) is 22.0 Å². The smallest absolute Gasteiger partial charge is 0.375 e. The van der Waals surface area contributed by atoms with Crippen LogP contribution in [0.2, 0.25) is 5.02 Å². The molecule has 3 aromatic rings. The van der Waals surface area contributed by atoms with Gasteiger partial charge in [-0.15, -0.1) is 0 Å². The minimum Gasteiger partial charge on any atom is -0.375 e. The number of fused-ring (bicyclic) bond motifs is 1. The number of pyridine rings is 1. The van der Waals surface area contributed by atoms with Gasteiger partial charge in [0.2, 0.25) is 5.91 Å². The Labute approximate surface area is 221 Å². The van der Waals surface area contributed by atoms with Gasteiger partial charge in [0.15, 0.2) is 11.4 Å². The number of anilines is 1. The third-order valence-electron chi connectivity index (χ3n) is 7.05. The molecule has 3 atom stereocenters. The molecule has 1 unspecified atom stereocenters. The lowest BCUT2D eigenvalue weighted by atomic mass is 9.79. The summed E-state index contributed by atoms with van der Waals surface area (Å²) in [5.74, 6) is -1.12. The zero-order valence-corrected chi connectivity index (χ0v) is 21.8. The zero-order chi connectivity index (χ0) is 28.0. The highest BCUT2D eigenvalue weighted by Gasteiger charge is 2.54. The van der Waals surface area contributed by atoms with Gasteiger partial charge in [-0.2, -0.15) is 18.3 Å². The molecule has 1 aromatic carbocycles. The summed E-state index contributed by atoms with van der Waals surface area (Å²) in [5.41, 5.74) is -3.94. The van der Waals surface area contributed by atoms with Crippen molar-refractivity contribution in [3.05, 3.63) is 40.9 Å². The number of hydrogen-bond acceptors (Lipinski definition) is 5. The molecule has 1 aliphatic carbocycles. The Hall–Kier alpha value is -3.05. The maximum atomic E-state index is 15.0. The topological polar surface area (TPSA) is 97.1 Å². The fraction of sp³-hybridized carbons (Fsp3) is 0.462. The SMILES string of the molecule is CC(=O)C[C@@H]1CCC[C@H](C(=O)Nc2cc(-c3cc(F)c4nn(C)c(C(C)(O)C(F)(F)F)c4c3)c(Cl)cn2)C1. The molecule has 0 radical (unpaired) electrons. The number of nitrogens with one attached hydrogen (secondary N) is 1. The van der Waals surface area contributed by atoms with Crippen molar-refractivity contribution < 1.29 is 32.3 Å². The molecule has 38 heavy (non-hydrogen) atoms. The average molecular weight is 555 g/mol. The van der Waals surface area contributed by atoms with Crippen LogP contribution in [0.4, 0.5) is 23.4 Å². The van der Waals surface area contributed by atoms with Crippen molar-refractivity contribution in [3.63, 3.8) is 0 Å². The van der Waals surface area contributed by atoms with E-state index >= 15 is 4.39 Å². The molecule has 2 heterocycles. The number of halogens is 5. The number of amides is 1. The second-order valence-corrected chi connectivity index (χ2v) is 10.5. The van der Waals surface area contributed by atoms with Crippen LogP contribution in [0.15, 0.2) is 24.4 Å². The predicted molar refractivity (Wildman–Crippen MR) is 134 cm³/mol. The van der Waals surface area contributed by atoms with E-state index < -0.39 is 23.3 Å². The number of nitrogens with zero attached hydrogens (tertiary/aromatic N) is 3. The summed E-state index contributed by atoms with van der Waals surface area (Å²) in [7, 11) is 1.19. The Kier molecular flexibility index (Phi) is 7.55. The largest absolute Gasteiger partial charge is 0.422 e. The summed E-state index contributed by atoms with van der Waals surface area (Å²) in [5, 5.41) is 16.7. The lowest BCUT2D eigenvalue weighted by molar-refractivity contribution is -0.260. The summed E-state index contributed by atoms with van der Waals surface area (Å²) in [6.07, 6.45) is -0.401. The molecular weight excluding hydrogens is 528 g/mol. The minimum absolute atomic E-state index is 0.0777. The third kappa shape index (κ3) is 5.40. The Morgan fingerprint density at radius 2 is 1.95 bits per heavy atom. The van der Waals surface area contributed by atoms with Crippen molar-refractivity contribution in [2.45, 2.75) is 57.7 Å². The summed E-state index contributed by atoms with van der Waals surface area (Å²) in [4.78, 5) is 28.6. The molecule has 0 bridgehead atoms. The maximum Gasteiger partial charge on any atom is 0.422 e. The van der Waals surface area contributed by atoms with E-state index in [1.54, 1.807) is 0 Å². The lowest BCUT2D eigenvalue weighted by Gasteiger charge is -2.27. The normalized spacial score (nSPS) is 19.8. The van der Waals surface area contributed by atoms with E-state index in [1.165, 1.54) is 32.3 Å². The number of ketones is 1. The van der Waals surface area contributed by atoms with E-state index in [9.17, 15) is 27.9 Å². The quantitative estimate of drug-likeness (QED) is 0.369. The summed E-state index contributed by atoms with van der Waals surface area (Å²) in [6, 6.07) is 3.75. The zero-order valence-electron chi connectivity index (χ0n) is 21.0. The van der Waals surface area contributed by atoms with Crippen LogP contribution in [0.5, 0.6) is 0 Å². The van der Waals surface area contributed by atoms with Gasteiger partial charge in [-0.3, -0.25) is 9.48 Å². The Bertz CT molecular complexity index is 1400. The number of Topliss-reactive ketones (excluding diaryl/α,β-unsaturated/α-hetero) is 1. The van der Waals surface area contributed by atoms with Crippen molar-refractivity contribution >= 4 is 40.0 Å². The van der Waals surface area contributed by atoms with Gasteiger partial charge in [0.05, 0.1) is 10.7 Å². The minimum atomic E-state index is -5.05. The average Bonchev–Trinajstić information content (AvgIpc) is 3.16. The van der Waals surface area contributed by atoms with Gasteiger partial charge < -0.3 is 15.2 Å². The van der Waals surface area contributed by atoms with Crippen LogP contribution < -0.4 is 5.32 Å². The van der Waals surface area contributed by atoms with Crippen LogP contribution in [0.1, 0.15) is 51.6 Å². The predicted octanol–water partition coefficient (Wildman–Crippen LogP) is 5.92. The molecule has 0 spiro atoms. The third-order valence-corrected chi connectivity index (χ3v) is 7.35. The number of aryl methyl sites for hydroxylation is 1. The Morgan fingerprint density at radius 3 is 2.61 bits per heavy atom. The first-order valence-electron chi connectivity index (χ1n) is 12.1. The molecule has 1 fully saturated rings. The van der Waals surface area contributed by atoms with Crippen LogP contribution in [-0.4, -0.2) is 37.7 Å². The highest BCUT2D eigenvalue weighted by Crippen LogP contribution is 2.43. The van der Waals surface area contributed by atoms with Crippen molar-refractivity contribution in [1.29, 1.82) is 0 Å². The van der Waals surface area contributed by atoms with Crippen molar-refractivity contribution in [2.24, 2.45) is 18.9 Å². The van der Waals surface area contributed by atoms with E-state index in [0.717, 1.165) is 23.6 Å². The number of hydrogen-bond donors (Lipinski definition) is 2. The number of rotatable bonds is 6. The standard InChI is InChI=1S/C26H27ClF4N4O3/c1-13(36)7-14-5-4-6-15(8-14)24(37)33-21-11-17(19(27)12-32-21)16-9-18-22(20(28)10-16)34-35(3)23(18)25(2,38)26(29,30)31/h9-12,14-15,38H,4-8H2,1-3H3,(H,32,33,37)/t14-,15-,25?/m0/s1. The molecule has 204 valence electrons. The van der Waals surface area contributed by atoms with Crippen LogP contribution >= 0.6 is 11.6 Å². The van der Waals surface area contributed by atoms with Crippen LogP contribution in [0.3, 0.4) is 0 Å². The fourth-order valence-electron chi connectivity index (χ4n) is 5.20. The highest BCUT2D eigenvalue weighted by molar-refractivity contribution is 6.33. The summed E-state index contributed by atoms with van der Waals surface area (Å²) >= 11 is 6.31. The first-order chi connectivity index (χ1) is 17.7. The molecule has 12 heteroatoms. The Balaban J connectivity index is 1.68. The fourth-order valence-corrected chi connectivity index (χ4v) is 5.41. The molecule has 2 N–H and O–H groups in total. The van der Waals surface area contributed by atoms with Gasteiger partial charge in [0.25, 0.3) is 0 Å². The van der Waals surface area contributed by atoms with E-state index in [2.05, 4.69) is 15.4 Å². The van der Waals surface area contributed by atoms with E-state index in [1.807, 2.05) is 0 Å². The van der Waals surface area contributed by atoms with Gasteiger partial charge in [-0.1, -0.05) is 18.0 Å². The van der Waals surface area contributed by atoms with Gasteiger partial charge in [0.1, 0.15) is 17.1 Å². The van der Waals surface area contributed by atoms with Gasteiger partial charge in [0, 0.05) is 36.5 Å². The molecular formula is C26H27ClF4N4O3. The van der Waals surface area contributed by atoms with E-state index in [4.69, 9.17) is 11.6 Å². The van der Waals surface area contributed by atoms with Gasteiger partial charge in [-0.25, -0.2) is 9.37 Å². The van der Waals surface area contributed by atoms with Gasteiger partial charge >= 0.3 is 6.18 Å². The first kappa shape index (κ1) is 28.0. The number of benzene rings is 1. The Morgan fingerprint density at radius 1 is 1.24 bits per heavy atom. The first-order valence-corrected chi connectivity index (χ1v) is 12.5. The molecule has 1 saturated carbocycles. The molecule has 1 amide bonds.